The van der Waals surface area contributed by atoms with Crippen molar-refractivity contribution in [2.24, 2.45) is 0 Å². The van der Waals surface area contributed by atoms with Gasteiger partial charge in [0, 0.05) is 19.3 Å². The molecule has 0 saturated carbocycles. The Morgan fingerprint density at radius 2 is 1.62 bits per heavy atom. The summed E-state index contributed by atoms with van der Waals surface area (Å²) in [6.07, 6.45) is 0.179. The van der Waals surface area contributed by atoms with Gasteiger partial charge in [-0.05, 0) is 66.9 Å². The largest absolute Gasteiger partial charge is 0.494 e. The van der Waals surface area contributed by atoms with Crippen molar-refractivity contribution in [2.75, 3.05) is 36.0 Å². The van der Waals surface area contributed by atoms with Crippen LogP contribution in [0.25, 0.3) is 0 Å². The number of thiophene rings is 1. The Labute approximate surface area is 203 Å². The van der Waals surface area contributed by atoms with Crippen molar-refractivity contribution >= 4 is 38.6 Å². The molecule has 178 valence electrons. The van der Waals surface area contributed by atoms with Crippen LogP contribution in [0.1, 0.15) is 13.3 Å². The maximum atomic E-state index is 12.8. The van der Waals surface area contributed by atoms with Crippen LogP contribution in [0.3, 0.4) is 0 Å². The van der Waals surface area contributed by atoms with Crippen molar-refractivity contribution < 1.29 is 22.7 Å². The first-order valence-electron chi connectivity index (χ1n) is 10.5. The molecule has 0 spiro atoms. The van der Waals surface area contributed by atoms with Gasteiger partial charge >= 0.3 is 0 Å². The number of benzene rings is 2. The maximum absolute atomic E-state index is 12.8. The smallest absolute Gasteiger partial charge is 0.273 e. The van der Waals surface area contributed by atoms with Gasteiger partial charge in [-0.1, -0.05) is 6.07 Å². The summed E-state index contributed by atoms with van der Waals surface area (Å²) in [4.78, 5) is 14.3. The van der Waals surface area contributed by atoms with E-state index in [2.05, 4.69) is 6.07 Å². The number of hydrogen-bond acceptors (Lipinski definition) is 7. The SMILES string of the molecule is CCOc1ccc(N(CCC#N)C(=O)COc2ccc(N(C)S(=O)(=O)c3cccs3)cc2)cc1. The molecule has 3 aromatic rings. The molecule has 0 atom stereocenters. The summed E-state index contributed by atoms with van der Waals surface area (Å²) in [6, 6.07) is 18.8. The van der Waals surface area contributed by atoms with Gasteiger partial charge in [-0.2, -0.15) is 5.26 Å². The normalized spacial score (nSPS) is 10.9. The van der Waals surface area contributed by atoms with Gasteiger partial charge in [0.05, 0.1) is 24.8 Å². The Hall–Kier alpha value is -3.55. The third-order valence-corrected chi connectivity index (χ3v) is 8.04. The van der Waals surface area contributed by atoms with Crippen molar-refractivity contribution in [1.82, 2.24) is 0 Å². The summed E-state index contributed by atoms with van der Waals surface area (Å²) in [6.45, 7) is 2.43. The second kappa shape index (κ2) is 11.5. The molecule has 8 nitrogen and oxygen atoms in total. The van der Waals surface area contributed by atoms with Gasteiger partial charge in [0.1, 0.15) is 15.7 Å². The topological polar surface area (TPSA) is 99.9 Å². The number of carbonyl (C=O) groups is 1. The lowest BCUT2D eigenvalue weighted by molar-refractivity contribution is -0.120. The lowest BCUT2D eigenvalue weighted by Gasteiger charge is -2.22. The summed E-state index contributed by atoms with van der Waals surface area (Å²) in [5.74, 6) is 0.813. The van der Waals surface area contributed by atoms with Crippen LogP contribution < -0.4 is 18.7 Å². The van der Waals surface area contributed by atoms with Crippen LogP contribution in [-0.2, 0) is 14.8 Å². The minimum atomic E-state index is -3.63. The van der Waals surface area contributed by atoms with Crippen LogP contribution in [0.4, 0.5) is 11.4 Å². The van der Waals surface area contributed by atoms with E-state index in [1.165, 1.54) is 16.3 Å². The summed E-state index contributed by atoms with van der Waals surface area (Å²) in [5, 5.41) is 10.7. The molecule has 3 rings (SSSR count). The molecule has 0 aliphatic heterocycles. The van der Waals surface area contributed by atoms with Crippen LogP contribution in [0, 0.1) is 11.3 Å². The van der Waals surface area contributed by atoms with E-state index in [1.807, 2.05) is 6.92 Å². The van der Waals surface area contributed by atoms with Crippen molar-refractivity contribution in [1.29, 1.82) is 5.26 Å². The maximum Gasteiger partial charge on any atom is 0.273 e. The molecule has 0 N–H and O–H groups in total. The quantitative estimate of drug-likeness (QED) is 0.390. The predicted molar refractivity (Wildman–Crippen MR) is 132 cm³/mol. The number of ether oxygens (including phenoxy) is 2. The molecular weight excluding hydrogens is 474 g/mol. The van der Waals surface area contributed by atoms with Crippen molar-refractivity contribution in [2.45, 2.75) is 17.6 Å². The van der Waals surface area contributed by atoms with Crippen molar-refractivity contribution in [3.8, 4) is 17.6 Å². The van der Waals surface area contributed by atoms with Gasteiger partial charge in [0.25, 0.3) is 15.9 Å². The predicted octanol–water partition coefficient (Wildman–Crippen LogP) is 4.30. The molecule has 0 bridgehead atoms. The summed E-state index contributed by atoms with van der Waals surface area (Å²) >= 11 is 1.15. The first-order valence-corrected chi connectivity index (χ1v) is 12.8. The highest BCUT2D eigenvalue weighted by Gasteiger charge is 2.22. The molecule has 0 radical (unpaired) electrons. The van der Waals surface area contributed by atoms with E-state index < -0.39 is 10.0 Å². The van der Waals surface area contributed by atoms with Gasteiger partial charge in [0.15, 0.2) is 6.61 Å². The van der Waals surface area contributed by atoms with E-state index in [4.69, 9.17) is 14.7 Å². The first kappa shape index (κ1) is 25.1. The molecular formula is C24H25N3O5S2. The second-order valence-electron chi connectivity index (χ2n) is 7.07. The van der Waals surface area contributed by atoms with Gasteiger partial charge in [0.2, 0.25) is 0 Å². The van der Waals surface area contributed by atoms with Crippen LogP contribution in [0.2, 0.25) is 0 Å². The lowest BCUT2D eigenvalue weighted by atomic mass is 10.2. The highest BCUT2D eigenvalue weighted by Crippen LogP contribution is 2.27. The zero-order valence-electron chi connectivity index (χ0n) is 18.9. The number of hydrogen-bond donors (Lipinski definition) is 0. The summed E-state index contributed by atoms with van der Waals surface area (Å²) in [7, 11) is -2.15. The Bertz CT molecular complexity index is 1220. The molecule has 0 aliphatic carbocycles. The van der Waals surface area contributed by atoms with Crippen molar-refractivity contribution in [3.05, 3.63) is 66.0 Å². The molecule has 1 aromatic heterocycles. The number of sulfonamides is 1. The number of anilines is 2. The van der Waals surface area contributed by atoms with Crippen LogP contribution in [0.15, 0.2) is 70.3 Å². The number of nitriles is 1. The molecule has 0 unspecified atom stereocenters. The summed E-state index contributed by atoms with van der Waals surface area (Å²) < 4.78 is 37.9. The van der Waals surface area contributed by atoms with Gasteiger partial charge < -0.3 is 14.4 Å². The van der Waals surface area contributed by atoms with E-state index in [1.54, 1.807) is 66.0 Å². The Kier molecular flexibility index (Phi) is 8.51. The number of nitrogens with zero attached hydrogens (tertiary/aromatic N) is 3. The first-order chi connectivity index (χ1) is 16.4. The highest BCUT2D eigenvalue weighted by molar-refractivity contribution is 7.94. The molecule has 0 saturated heterocycles. The fraction of sp³-hybridized carbons (Fsp3) is 0.250. The Balaban J connectivity index is 1.65. The third kappa shape index (κ3) is 6.07. The molecule has 2 aromatic carbocycles. The molecule has 10 heteroatoms. The monoisotopic (exact) mass is 499 g/mol. The molecule has 34 heavy (non-hydrogen) atoms. The average Bonchev–Trinajstić information content (AvgIpc) is 3.40. The van der Waals surface area contributed by atoms with Crippen LogP contribution in [-0.4, -0.2) is 41.1 Å². The minimum absolute atomic E-state index is 0.179. The molecule has 1 heterocycles. The standard InChI is InChI=1S/C24H25N3O5S2/c1-3-31-21-13-9-20(10-14-21)27(16-5-15-25)23(28)18-32-22-11-7-19(8-12-22)26(2)34(29,30)24-6-4-17-33-24/h4,6-14,17H,3,5,16,18H2,1-2H3. The zero-order chi connectivity index (χ0) is 24.6. The average molecular weight is 500 g/mol. The van der Waals surface area contributed by atoms with E-state index in [9.17, 15) is 13.2 Å². The lowest BCUT2D eigenvalue weighted by Crippen LogP contribution is -2.35. The third-order valence-electron chi connectivity index (χ3n) is 4.88. The Morgan fingerprint density at radius 1 is 1.00 bits per heavy atom. The molecule has 1 amide bonds. The fourth-order valence-electron chi connectivity index (χ4n) is 3.11. The van der Waals surface area contributed by atoms with E-state index >= 15 is 0 Å². The van der Waals surface area contributed by atoms with Gasteiger partial charge in [-0.3, -0.25) is 9.10 Å². The number of rotatable bonds is 11. The fourth-order valence-corrected chi connectivity index (χ4v) is 5.46. The van der Waals surface area contributed by atoms with Crippen LogP contribution >= 0.6 is 11.3 Å². The van der Waals surface area contributed by atoms with Crippen molar-refractivity contribution in [3.63, 3.8) is 0 Å². The van der Waals surface area contributed by atoms with Crippen LogP contribution in [0.5, 0.6) is 11.5 Å². The Morgan fingerprint density at radius 3 is 2.18 bits per heavy atom. The minimum Gasteiger partial charge on any atom is -0.494 e. The molecule has 0 aliphatic rings. The summed E-state index contributed by atoms with van der Waals surface area (Å²) in [5.41, 5.74) is 1.11. The zero-order valence-corrected chi connectivity index (χ0v) is 20.5. The van der Waals surface area contributed by atoms with E-state index in [0.717, 1.165) is 11.3 Å². The van der Waals surface area contributed by atoms with Gasteiger partial charge in [-0.15, -0.1) is 11.3 Å². The van der Waals surface area contributed by atoms with E-state index in [0.29, 0.717) is 29.5 Å². The van der Waals surface area contributed by atoms with E-state index in [-0.39, 0.29) is 29.7 Å². The second-order valence-corrected chi connectivity index (χ2v) is 10.2. The number of amides is 1. The molecule has 0 fully saturated rings. The number of carbonyl (C=O) groups excluding carboxylic acids is 1. The van der Waals surface area contributed by atoms with Gasteiger partial charge in [-0.25, -0.2) is 8.42 Å². The highest BCUT2D eigenvalue weighted by atomic mass is 32.2.